The summed E-state index contributed by atoms with van der Waals surface area (Å²) in [5.41, 5.74) is 14.0. The lowest BCUT2D eigenvalue weighted by Gasteiger charge is -2.14. The lowest BCUT2D eigenvalue weighted by atomic mass is 9.93. The molecular formula is C63H39N5S. The molecule has 5 nitrogen and oxygen atoms in total. The van der Waals surface area contributed by atoms with Crippen molar-refractivity contribution in [3.8, 4) is 67.8 Å². The van der Waals surface area contributed by atoms with E-state index in [0.29, 0.717) is 17.5 Å². The van der Waals surface area contributed by atoms with Gasteiger partial charge in [-0.05, 0) is 101 Å². The SMILES string of the molecule is c1ccc(-c2nc(-c3ccccc3)nc(-c3cc(-c4ccc5c6cc7c(cc6n(-c6ccccc6)c5c4)sc4ccccc47)cc(-c4cccc5c4c4ccccc4n5-c4ccccc4)c3)n2)cc1. The monoisotopic (exact) mass is 897 g/mol. The average Bonchev–Trinajstić information content (AvgIpc) is 4.07. The molecule has 10 aromatic carbocycles. The quantitative estimate of drug-likeness (QED) is 0.160. The van der Waals surface area contributed by atoms with Crippen molar-refractivity contribution in [2.24, 2.45) is 0 Å². The second-order valence-electron chi connectivity index (χ2n) is 17.6. The first-order valence-electron chi connectivity index (χ1n) is 23.3. The summed E-state index contributed by atoms with van der Waals surface area (Å²) in [5.74, 6) is 1.86. The van der Waals surface area contributed by atoms with E-state index in [1.807, 2.05) is 47.7 Å². The first-order chi connectivity index (χ1) is 34.2. The number of nitrogens with zero attached hydrogens (tertiary/aromatic N) is 5. The first-order valence-corrected chi connectivity index (χ1v) is 24.1. The highest BCUT2D eigenvalue weighted by molar-refractivity contribution is 7.25. The topological polar surface area (TPSA) is 48.5 Å². The molecule has 0 aliphatic heterocycles. The number of fused-ring (bicyclic) bond motifs is 9. The fourth-order valence-electron chi connectivity index (χ4n) is 10.4. The summed E-state index contributed by atoms with van der Waals surface area (Å²) in [6.07, 6.45) is 0. The third kappa shape index (κ3) is 6.49. The first kappa shape index (κ1) is 39.2. The zero-order valence-corrected chi connectivity index (χ0v) is 38.0. The van der Waals surface area contributed by atoms with Gasteiger partial charge in [-0.15, -0.1) is 11.3 Å². The smallest absolute Gasteiger partial charge is 0.164 e. The van der Waals surface area contributed by atoms with Gasteiger partial charge < -0.3 is 9.13 Å². The average molecular weight is 898 g/mol. The van der Waals surface area contributed by atoms with Crippen molar-refractivity contribution in [1.29, 1.82) is 0 Å². The van der Waals surface area contributed by atoms with Crippen LogP contribution in [0.3, 0.4) is 0 Å². The van der Waals surface area contributed by atoms with Gasteiger partial charge in [0.1, 0.15) is 0 Å². The Kier molecular flexibility index (Phi) is 9.00. The number of hydrogen-bond donors (Lipinski definition) is 0. The van der Waals surface area contributed by atoms with Crippen molar-refractivity contribution in [2.45, 2.75) is 0 Å². The summed E-state index contributed by atoms with van der Waals surface area (Å²) in [6.45, 7) is 0. The second-order valence-corrected chi connectivity index (χ2v) is 18.7. The Morgan fingerprint density at radius 2 is 0.812 bits per heavy atom. The summed E-state index contributed by atoms with van der Waals surface area (Å²) >= 11 is 1.86. The van der Waals surface area contributed by atoms with Gasteiger partial charge in [0.15, 0.2) is 17.5 Å². The largest absolute Gasteiger partial charge is 0.309 e. The fraction of sp³-hybridized carbons (Fsp3) is 0. The Morgan fingerprint density at radius 1 is 0.275 bits per heavy atom. The minimum atomic E-state index is 0.608. The van der Waals surface area contributed by atoms with Crippen LogP contribution in [0.15, 0.2) is 237 Å². The van der Waals surface area contributed by atoms with Crippen molar-refractivity contribution in [2.75, 3.05) is 0 Å². The number of hydrogen-bond acceptors (Lipinski definition) is 4. The minimum Gasteiger partial charge on any atom is -0.309 e. The molecule has 0 spiro atoms. The molecule has 0 unspecified atom stereocenters. The molecule has 0 N–H and O–H groups in total. The van der Waals surface area contributed by atoms with Crippen LogP contribution in [-0.2, 0) is 0 Å². The molecule has 0 atom stereocenters. The van der Waals surface area contributed by atoms with Crippen LogP contribution in [0.25, 0.3) is 132 Å². The van der Waals surface area contributed by atoms with E-state index in [9.17, 15) is 0 Å². The van der Waals surface area contributed by atoms with E-state index < -0.39 is 0 Å². The molecule has 0 bridgehead atoms. The normalized spacial score (nSPS) is 11.8. The van der Waals surface area contributed by atoms with Gasteiger partial charge in [0.2, 0.25) is 0 Å². The Morgan fingerprint density at radius 3 is 1.51 bits per heavy atom. The molecule has 0 amide bonds. The van der Waals surface area contributed by atoms with E-state index in [1.165, 1.54) is 47.2 Å². The Balaban J connectivity index is 1.05. The molecule has 0 aliphatic rings. The number of rotatable bonds is 7. The van der Waals surface area contributed by atoms with Crippen LogP contribution >= 0.6 is 11.3 Å². The molecule has 14 aromatic rings. The van der Waals surface area contributed by atoms with Crippen LogP contribution in [0.1, 0.15) is 0 Å². The summed E-state index contributed by atoms with van der Waals surface area (Å²) in [5, 5.41) is 7.42. The van der Waals surface area contributed by atoms with Gasteiger partial charge in [-0.3, -0.25) is 0 Å². The molecule has 14 rings (SSSR count). The van der Waals surface area contributed by atoms with E-state index in [0.717, 1.165) is 66.9 Å². The number of para-hydroxylation sites is 3. The highest BCUT2D eigenvalue weighted by Crippen LogP contribution is 2.44. The standard InChI is InChI=1S/C63H39N5S/c1-5-18-40(19-6-1)61-64-62(41-20-7-2-8-21-41)66-63(65-61)45-35-43(34-44(36-45)48-28-17-30-55-60(48)51-27-13-15-29-54(51)67(55)46-22-9-3-10-23-46)42-32-33-49-52-38-53-50-26-14-16-31-58(50)69-59(53)39-57(52)68(56(49)37-42)47-24-11-4-12-25-47/h1-39H. The summed E-state index contributed by atoms with van der Waals surface area (Å²) in [4.78, 5) is 15.6. The molecule has 6 heteroatoms. The van der Waals surface area contributed by atoms with Crippen molar-refractivity contribution < 1.29 is 0 Å². The molecule has 4 heterocycles. The molecular weight excluding hydrogens is 859 g/mol. The minimum absolute atomic E-state index is 0.608. The Bertz CT molecular complexity index is 4230. The summed E-state index contributed by atoms with van der Waals surface area (Å²) in [6, 6.07) is 84.7. The van der Waals surface area contributed by atoms with Crippen LogP contribution in [0.2, 0.25) is 0 Å². The van der Waals surface area contributed by atoms with Gasteiger partial charge in [0.25, 0.3) is 0 Å². The van der Waals surface area contributed by atoms with Crippen LogP contribution in [-0.4, -0.2) is 24.1 Å². The van der Waals surface area contributed by atoms with Crippen LogP contribution in [0, 0.1) is 0 Å². The highest BCUT2D eigenvalue weighted by atomic mass is 32.1. The van der Waals surface area contributed by atoms with Crippen molar-refractivity contribution in [3.05, 3.63) is 237 Å². The summed E-state index contributed by atoms with van der Waals surface area (Å²) in [7, 11) is 0. The van der Waals surface area contributed by atoms with Gasteiger partial charge >= 0.3 is 0 Å². The van der Waals surface area contributed by atoms with Crippen LogP contribution in [0.5, 0.6) is 0 Å². The van der Waals surface area contributed by atoms with E-state index in [1.54, 1.807) is 0 Å². The van der Waals surface area contributed by atoms with E-state index in [-0.39, 0.29) is 0 Å². The van der Waals surface area contributed by atoms with Crippen molar-refractivity contribution in [3.63, 3.8) is 0 Å². The Labute approximate surface area is 401 Å². The maximum Gasteiger partial charge on any atom is 0.164 e. The van der Waals surface area contributed by atoms with Crippen molar-refractivity contribution in [1.82, 2.24) is 24.1 Å². The van der Waals surface area contributed by atoms with E-state index in [4.69, 9.17) is 15.0 Å². The second kappa shape index (κ2) is 15.8. The zero-order valence-electron chi connectivity index (χ0n) is 37.2. The van der Waals surface area contributed by atoms with Crippen LogP contribution in [0.4, 0.5) is 0 Å². The van der Waals surface area contributed by atoms with E-state index >= 15 is 0 Å². The van der Waals surface area contributed by atoms with Gasteiger partial charge in [-0.1, -0.05) is 158 Å². The molecule has 0 fully saturated rings. The van der Waals surface area contributed by atoms with Gasteiger partial charge in [-0.2, -0.15) is 0 Å². The number of benzene rings is 10. The maximum absolute atomic E-state index is 5.27. The Hall–Kier alpha value is -8.97. The number of aromatic nitrogens is 5. The van der Waals surface area contributed by atoms with Crippen molar-refractivity contribution >= 4 is 75.1 Å². The molecule has 0 radical (unpaired) electrons. The molecule has 0 aliphatic carbocycles. The molecule has 322 valence electrons. The van der Waals surface area contributed by atoms with Crippen LogP contribution < -0.4 is 0 Å². The molecule has 4 aromatic heterocycles. The molecule has 0 saturated heterocycles. The van der Waals surface area contributed by atoms with E-state index in [2.05, 4.69) is 209 Å². The molecule has 69 heavy (non-hydrogen) atoms. The lowest BCUT2D eigenvalue weighted by molar-refractivity contribution is 1.07. The summed E-state index contributed by atoms with van der Waals surface area (Å²) < 4.78 is 7.41. The van der Waals surface area contributed by atoms with Gasteiger partial charge in [-0.25, -0.2) is 15.0 Å². The predicted octanol–water partition coefficient (Wildman–Crippen LogP) is 16.8. The molecule has 0 saturated carbocycles. The van der Waals surface area contributed by atoms with Gasteiger partial charge in [0.05, 0.1) is 22.1 Å². The predicted molar refractivity (Wildman–Crippen MR) is 289 cm³/mol. The third-order valence-corrected chi connectivity index (χ3v) is 14.7. The number of thiophene rings is 1. The lowest BCUT2D eigenvalue weighted by Crippen LogP contribution is -2.00. The maximum atomic E-state index is 5.27. The third-order valence-electron chi connectivity index (χ3n) is 13.5. The van der Waals surface area contributed by atoms with Gasteiger partial charge in [0, 0.05) is 69.8 Å². The highest BCUT2D eigenvalue weighted by Gasteiger charge is 2.21. The zero-order chi connectivity index (χ0) is 45.4. The fourth-order valence-corrected chi connectivity index (χ4v) is 11.5.